The topological polar surface area (TPSA) is 57.6 Å². The lowest BCUT2D eigenvalue weighted by Crippen LogP contribution is -2.38. The van der Waals surface area contributed by atoms with Crippen molar-refractivity contribution >= 4 is 11.9 Å². The average molecular weight is 241 g/mol. The minimum Gasteiger partial charge on any atom is -0.481 e. The van der Waals surface area contributed by atoms with Crippen LogP contribution in [-0.4, -0.2) is 34.5 Å². The summed E-state index contributed by atoms with van der Waals surface area (Å²) in [6.07, 6.45) is 4.29. The minimum absolute atomic E-state index is 0.00616. The molecular weight excluding hydrogens is 218 g/mol. The molecular formula is C13H23NO3. The number of amides is 1. The molecule has 1 aliphatic rings. The van der Waals surface area contributed by atoms with Crippen molar-refractivity contribution in [2.75, 3.05) is 6.54 Å². The van der Waals surface area contributed by atoms with E-state index in [-0.39, 0.29) is 12.3 Å². The zero-order valence-corrected chi connectivity index (χ0v) is 11.0. The molecule has 1 aliphatic carbocycles. The smallest absolute Gasteiger partial charge is 0.309 e. The lowest BCUT2D eigenvalue weighted by Gasteiger charge is -2.26. The average Bonchev–Trinajstić information content (AvgIpc) is 3.01. The Hall–Kier alpha value is -1.06. The van der Waals surface area contributed by atoms with Crippen LogP contribution in [0.3, 0.4) is 0 Å². The number of carboxylic acids is 1. The maximum absolute atomic E-state index is 12.1. The van der Waals surface area contributed by atoms with Crippen molar-refractivity contribution < 1.29 is 14.7 Å². The third-order valence-electron chi connectivity index (χ3n) is 3.23. The van der Waals surface area contributed by atoms with Gasteiger partial charge in [-0.15, -0.1) is 0 Å². The minimum atomic E-state index is -0.962. The van der Waals surface area contributed by atoms with E-state index in [0.717, 1.165) is 32.2 Å². The van der Waals surface area contributed by atoms with Gasteiger partial charge < -0.3 is 10.0 Å². The van der Waals surface area contributed by atoms with Crippen LogP contribution in [0.15, 0.2) is 0 Å². The third-order valence-corrected chi connectivity index (χ3v) is 3.23. The Balaban J connectivity index is 2.56. The fourth-order valence-corrected chi connectivity index (χ4v) is 1.78. The van der Waals surface area contributed by atoms with Gasteiger partial charge in [-0.05, 0) is 33.1 Å². The lowest BCUT2D eigenvalue weighted by molar-refractivity contribution is -0.151. The van der Waals surface area contributed by atoms with Crippen LogP contribution >= 0.6 is 0 Å². The lowest BCUT2D eigenvalue weighted by atomic mass is 9.89. The number of hydrogen-bond acceptors (Lipinski definition) is 2. The van der Waals surface area contributed by atoms with Gasteiger partial charge in [-0.3, -0.25) is 9.59 Å². The molecule has 0 bridgehead atoms. The van der Waals surface area contributed by atoms with Crippen LogP contribution in [0.25, 0.3) is 0 Å². The van der Waals surface area contributed by atoms with Gasteiger partial charge in [-0.1, -0.05) is 13.3 Å². The number of nitrogens with zero attached hydrogens (tertiary/aromatic N) is 1. The molecule has 4 heteroatoms. The fourth-order valence-electron chi connectivity index (χ4n) is 1.78. The van der Waals surface area contributed by atoms with Gasteiger partial charge in [0.25, 0.3) is 0 Å². The molecule has 0 aromatic heterocycles. The van der Waals surface area contributed by atoms with Gasteiger partial charge >= 0.3 is 5.97 Å². The van der Waals surface area contributed by atoms with Crippen LogP contribution in [0.4, 0.5) is 0 Å². The van der Waals surface area contributed by atoms with Crippen molar-refractivity contribution in [2.24, 2.45) is 5.41 Å². The highest BCUT2D eigenvalue weighted by molar-refractivity contribution is 5.84. The van der Waals surface area contributed by atoms with E-state index in [2.05, 4.69) is 6.92 Å². The summed E-state index contributed by atoms with van der Waals surface area (Å²) in [5, 5.41) is 9.03. The number of carbonyl (C=O) groups excluding carboxylic acids is 1. The molecule has 0 radical (unpaired) electrons. The van der Waals surface area contributed by atoms with E-state index in [1.165, 1.54) is 0 Å². The van der Waals surface area contributed by atoms with E-state index in [9.17, 15) is 9.59 Å². The molecule has 17 heavy (non-hydrogen) atoms. The maximum Gasteiger partial charge on any atom is 0.309 e. The Bertz CT molecular complexity index is 295. The second-order valence-electron chi connectivity index (χ2n) is 5.54. The first-order chi connectivity index (χ1) is 7.88. The molecule has 0 atom stereocenters. The van der Waals surface area contributed by atoms with Gasteiger partial charge in [0.2, 0.25) is 5.91 Å². The SMILES string of the molecule is CCCCN(C(=O)CC(C)(C)C(=O)O)C1CC1. The molecule has 1 N–H and O–H groups in total. The molecule has 1 rings (SSSR count). The van der Waals surface area contributed by atoms with E-state index < -0.39 is 11.4 Å². The first kappa shape index (κ1) is 14.0. The molecule has 0 aromatic carbocycles. The second-order valence-corrected chi connectivity index (χ2v) is 5.54. The first-order valence-corrected chi connectivity index (χ1v) is 6.41. The molecule has 4 nitrogen and oxygen atoms in total. The van der Waals surface area contributed by atoms with Crippen LogP contribution in [-0.2, 0) is 9.59 Å². The predicted molar refractivity (Wildman–Crippen MR) is 65.7 cm³/mol. The van der Waals surface area contributed by atoms with E-state index >= 15 is 0 Å². The first-order valence-electron chi connectivity index (χ1n) is 6.41. The number of unbranched alkanes of at least 4 members (excludes halogenated alkanes) is 1. The number of hydrogen-bond donors (Lipinski definition) is 1. The van der Waals surface area contributed by atoms with Crippen LogP contribution in [0.2, 0.25) is 0 Å². The number of carboxylic acid groups (broad SMARTS) is 1. The highest BCUT2D eigenvalue weighted by atomic mass is 16.4. The molecule has 0 unspecified atom stereocenters. The molecule has 1 saturated carbocycles. The van der Waals surface area contributed by atoms with E-state index in [1.54, 1.807) is 13.8 Å². The van der Waals surface area contributed by atoms with Crippen LogP contribution in [0.5, 0.6) is 0 Å². The van der Waals surface area contributed by atoms with Crippen molar-refractivity contribution in [1.29, 1.82) is 0 Å². The highest BCUT2D eigenvalue weighted by Gasteiger charge is 2.37. The van der Waals surface area contributed by atoms with Gasteiger partial charge in [0.1, 0.15) is 0 Å². The summed E-state index contributed by atoms with van der Waals surface area (Å²) < 4.78 is 0. The second kappa shape index (κ2) is 5.52. The molecule has 0 spiro atoms. The molecule has 0 aliphatic heterocycles. The Kier molecular flexibility index (Phi) is 4.54. The molecule has 1 amide bonds. The largest absolute Gasteiger partial charge is 0.481 e. The van der Waals surface area contributed by atoms with Crippen LogP contribution in [0.1, 0.15) is 52.9 Å². The van der Waals surface area contributed by atoms with Gasteiger partial charge in [0.05, 0.1) is 5.41 Å². The molecule has 0 saturated heterocycles. The summed E-state index contributed by atoms with van der Waals surface area (Å²) in [7, 11) is 0. The number of aliphatic carboxylic acids is 1. The molecule has 1 fully saturated rings. The van der Waals surface area contributed by atoms with Crippen molar-refractivity contribution in [1.82, 2.24) is 4.90 Å². The highest BCUT2D eigenvalue weighted by Crippen LogP contribution is 2.30. The Morgan fingerprint density at radius 1 is 1.35 bits per heavy atom. The van der Waals surface area contributed by atoms with E-state index in [1.807, 2.05) is 4.90 Å². The molecule has 98 valence electrons. The fraction of sp³-hybridized carbons (Fsp3) is 0.846. The van der Waals surface area contributed by atoms with Crippen molar-refractivity contribution in [3.05, 3.63) is 0 Å². The Labute approximate surface area is 103 Å². The van der Waals surface area contributed by atoms with Gasteiger partial charge in [0, 0.05) is 19.0 Å². The standard InChI is InChI=1S/C13H23NO3/c1-4-5-8-14(10-6-7-10)11(15)9-13(2,3)12(16)17/h10H,4-9H2,1-3H3,(H,16,17). The monoisotopic (exact) mass is 241 g/mol. The summed E-state index contributed by atoms with van der Waals surface area (Å²) in [6, 6.07) is 0.374. The van der Waals surface area contributed by atoms with Crippen molar-refractivity contribution in [3.8, 4) is 0 Å². The predicted octanol–water partition coefficient (Wildman–Crippen LogP) is 2.28. The summed E-state index contributed by atoms with van der Waals surface area (Å²) in [4.78, 5) is 25.0. The Morgan fingerprint density at radius 2 is 1.94 bits per heavy atom. The maximum atomic E-state index is 12.1. The number of rotatable bonds is 7. The summed E-state index contributed by atoms with van der Waals surface area (Å²) >= 11 is 0. The number of carbonyl (C=O) groups is 2. The van der Waals surface area contributed by atoms with Gasteiger partial charge in [0.15, 0.2) is 0 Å². The van der Waals surface area contributed by atoms with Crippen LogP contribution in [0, 0.1) is 5.41 Å². The molecule has 0 aromatic rings. The zero-order valence-electron chi connectivity index (χ0n) is 11.0. The van der Waals surface area contributed by atoms with E-state index in [0.29, 0.717) is 6.04 Å². The summed E-state index contributed by atoms with van der Waals surface area (Å²) in [6.45, 7) is 6.09. The normalized spacial score (nSPS) is 15.7. The van der Waals surface area contributed by atoms with Crippen LogP contribution < -0.4 is 0 Å². The van der Waals surface area contributed by atoms with Gasteiger partial charge in [-0.25, -0.2) is 0 Å². The Morgan fingerprint density at radius 3 is 2.35 bits per heavy atom. The summed E-state index contributed by atoms with van der Waals surface area (Å²) in [5.41, 5.74) is -0.962. The zero-order chi connectivity index (χ0) is 13.1. The van der Waals surface area contributed by atoms with E-state index in [4.69, 9.17) is 5.11 Å². The van der Waals surface area contributed by atoms with Crippen molar-refractivity contribution in [3.63, 3.8) is 0 Å². The quantitative estimate of drug-likeness (QED) is 0.744. The summed E-state index contributed by atoms with van der Waals surface area (Å²) in [5.74, 6) is -0.912. The third kappa shape index (κ3) is 4.02. The molecule has 0 heterocycles. The van der Waals surface area contributed by atoms with Gasteiger partial charge in [-0.2, -0.15) is 0 Å². The van der Waals surface area contributed by atoms with Crippen molar-refractivity contribution in [2.45, 2.75) is 58.9 Å².